The average molecular weight is 235 g/mol. The van der Waals surface area contributed by atoms with Crippen molar-refractivity contribution in [2.75, 3.05) is 19.8 Å². The summed E-state index contributed by atoms with van der Waals surface area (Å²) in [6.45, 7) is 7.49. The minimum Gasteiger partial charge on any atom is -0.494 e. The summed E-state index contributed by atoms with van der Waals surface area (Å²) in [7, 11) is 0. The van der Waals surface area contributed by atoms with Crippen molar-refractivity contribution in [1.82, 2.24) is 5.32 Å². The van der Waals surface area contributed by atoms with Gasteiger partial charge in [-0.1, -0.05) is 12.1 Å². The molecule has 0 amide bonds. The Bertz CT molecular complexity index is 342. The van der Waals surface area contributed by atoms with Crippen LogP contribution in [0.3, 0.4) is 0 Å². The minimum atomic E-state index is 0.137. The third-order valence-electron chi connectivity index (χ3n) is 3.17. The molecule has 0 bridgehead atoms. The molecule has 1 heterocycles. The molecule has 17 heavy (non-hydrogen) atoms. The van der Waals surface area contributed by atoms with Gasteiger partial charge in [0.1, 0.15) is 5.75 Å². The van der Waals surface area contributed by atoms with Crippen molar-refractivity contribution in [3.05, 3.63) is 29.8 Å². The normalized spacial score (nSPS) is 23.9. The summed E-state index contributed by atoms with van der Waals surface area (Å²) in [6.07, 6.45) is 1.09. The van der Waals surface area contributed by atoms with Gasteiger partial charge < -0.3 is 14.8 Å². The summed E-state index contributed by atoms with van der Waals surface area (Å²) in [5.41, 5.74) is 1.42. The van der Waals surface area contributed by atoms with Gasteiger partial charge in [0.2, 0.25) is 0 Å². The topological polar surface area (TPSA) is 30.5 Å². The number of benzene rings is 1. The summed E-state index contributed by atoms with van der Waals surface area (Å²) in [6, 6.07) is 8.26. The predicted molar refractivity (Wildman–Crippen MR) is 68.3 cm³/mol. The highest BCUT2D eigenvalue weighted by Gasteiger charge is 2.28. The molecular weight excluding hydrogens is 214 g/mol. The van der Waals surface area contributed by atoms with Crippen LogP contribution in [0.25, 0.3) is 0 Å². The van der Waals surface area contributed by atoms with Gasteiger partial charge in [-0.25, -0.2) is 0 Å². The lowest BCUT2D eigenvalue weighted by atomic mass is 10.0. The Labute approximate surface area is 103 Å². The van der Waals surface area contributed by atoms with E-state index in [0.717, 1.165) is 31.9 Å². The molecule has 1 aromatic carbocycles. The summed E-state index contributed by atoms with van der Waals surface area (Å²) in [4.78, 5) is 0. The van der Waals surface area contributed by atoms with Gasteiger partial charge >= 0.3 is 0 Å². The maximum absolute atomic E-state index is 5.42. The fourth-order valence-electron chi connectivity index (χ4n) is 1.99. The number of hydrogen-bond acceptors (Lipinski definition) is 3. The second-order valence-corrected chi connectivity index (χ2v) is 4.79. The van der Waals surface area contributed by atoms with Gasteiger partial charge in [0.25, 0.3) is 0 Å². The molecule has 0 spiro atoms. The van der Waals surface area contributed by atoms with Gasteiger partial charge in [-0.15, -0.1) is 0 Å². The molecule has 94 valence electrons. The van der Waals surface area contributed by atoms with E-state index >= 15 is 0 Å². The van der Waals surface area contributed by atoms with Crippen molar-refractivity contribution in [1.29, 1.82) is 0 Å². The zero-order valence-corrected chi connectivity index (χ0v) is 10.7. The zero-order valence-electron chi connectivity index (χ0n) is 10.7. The van der Waals surface area contributed by atoms with E-state index in [4.69, 9.17) is 9.47 Å². The highest BCUT2D eigenvalue weighted by molar-refractivity contribution is 5.27. The maximum Gasteiger partial charge on any atom is 0.119 e. The third-order valence-corrected chi connectivity index (χ3v) is 3.17. The fraction of sp³-hybridized carbons (Fsp3) is 0.571. The standard InChI is InChI=1S/C14H21NO2/c1-3-17-13-6-4-12(5-7-13)10-15-14(2)8-9-16-11-14/h4-7,15H,3,8-11H2,1-2H3. The van der Waals surface area contributed by atoms with Gasteiger partial charge in [-0.05, 0) is 38.0 Å². The molecule has 1 atom stereocenters. The van der Waals surface area contributed by atoms with Crippen molar-refractivity contribution in [2.45, 2.75) is 32.4 Å². The largest absolute Gasteiger partial charge is 0.494 e. The molecule has 1 N–H and O–H groups in total. The van der Waals surface area contributed by atoms with E-state index in [9.17, 15) is 0 Å². The first-order valence-corrected chi connectivity index (χ1v) is 6.26. The molecule has 0 saturated carbocycles. The van der Waals surface area contributed by atoms with Crippen molar-refractivity contribution in [3.63, 3.8) is 0 Å². The molecule has 1 unspecified atom stereocenters. The van der Waals surface area contributed by atoms with Crippen LogP contribution in [0.4, 0.5) is 0 Å². The SMILES string of the molecule is CCOc1ccc(CNC2(C)CCOC2)cc1. The highest BCUT2D eigenvalue weighted by Crippen LogP contribution is 2.19. The highest BCUT2D eigenvalue weighted by atomic mass is 16.5. The van der Waals surface area contributed by atoms with Crippen molar-refractivity contribution < 1.29 is 9.47 Å². The average Bonchev–Trinajstić information content (AvgIpc) is 2.76. The summed E-state index contributed by atoms with van der Waals surface area (Å²) < 4.78 is 10.8. The van der Waals surface area contributed by atoms with Crippen LogP contribution in [0.2, 0.25) is 0 Å². The second kappa shape index (κ2) is 5.52. The van der Waals surface area contributed by atoms with Crippen LogP contribution in [0.5, 0.6) is 5.75 Å². The number of ether oxygens (including phenoxy) is 2. The van der Waals surface area contributed by atoms with Crippen molar-refractivity contribution in [3.8, 4) is 5.75 Å². The monoisotopic (exact) mass is 235 g/mol. The van der Waals surface area contributed by atoms with Gasteiger partial charge in [-0.2, -0.15) is 0 Å². The van der Waals surface area contributed by atoms with Gasteiger partial charge in [-0.3, -0.25) is 0 Å². The first-order valence-electron chi connectivity index (χ1n) is 6.26. The van der Waals surface area contributed by atoms with E-state index in [1.807, 2.05) is 19.1 Å². The van der Waals surface area contributed by atoms with Gasteiger partial charge in [0.15, 0.2) is 0 Å². The second-order valence-electron chi connectivity index (χ2n) is 4.79. The van der Waals surface area contributed by atoms with Gasteiger partial charge in [0, 0.05) is 18.7 Å². The molecule has 1 aliphatic heterocycles. The van der Waals surface area contributed by atoms with Crippen LogP contribution in [0, 0.1) is 0 Å². The lowest BCUT2D eigenvalue weighted by molar-refractivity contribution is 0.171. The summed E-state index contributed by atoms with van der Waals surface area (Å²) in [5, 5.41) is 3.56. The first kappa shape index (κ1) is 12.4. The molecule has 1 saturated heterocycles. The summed E-state index contributed by atoms with van der Waals surface area (Å²) in [5.74, 6) is 0.937. The maximum atomic E-state index is 5.42. The number of hydrogen-bond donors (Lipinski definition) is 1. The minimum absolute atomic E-state index is 0.137. The van der Waals surface area contributed by atoms with E-state index in [0.29, 0.717) is 6.61 Å². The van der Waals surface area contributed by atoms with Crippen LogP contribution in [0.15, 0.2) is 24.3 Å². The molecule has 2 rings (SSSR count). The molecule has 1 aliphatic rings. The fourth-order valence-corrected chi connectivity index (χ4v) is 1.99. The Morgan fingerprint density at radius 3 is 2.71 bits per heavy atom. The van der Waals surface area contributed by atoms with E-state index in [1.165, 1.54) is 5.56 Å². The van der Waals surface area contributed by atoms with E-state index < -0.39 is 0 Å². The van der Waals surface area contributed by atoms with Gasteiger partial charge in [0.05, 0.1) is 13.2 Å². The Hall–Kier alpha value is -1.06. The van der Waals surface area contributed by atoms with Crippen LogP contribution in [-0.2, 0) is 11.3 Å². The Morgan fingerprint density at radius 2 is 2.12 bits per heavy atom. The first-order chi connectivity index (χ1) is 8.22. The molecule has 0 aliphatic carbocycles. The number of nitrogens with one attached hydrogen (secondary N) is 1. The lowest BCUT2D eigenvalue weighted by Crippen LogP contribution is -2.42. The number of rotatable bonds is 5. The molecule has 1 fully saturated rings. The molecule has 3 nitrogen and oxygen atoms in total. The van der Waals surface area contributed by atoms with Crippen LogP contribution >= 0.6 is 0 Å². The van der Waals surface area contributed by atoms with E-state index in [2.05, 4.69) is 24.4 Å². The zero-order chi connectivity index (χ0) is 12.1. The molecule has 3 heteroatoms. The predicted octanol–water partition coefficient (Wildman–Crippen LogP) is 2.35. The Morgan fingerprint density at radius 1 is 1.35 bits per heavy atom. The smallest absolute Gasteiger partial charge is 0.119 e. The lowest BCUT2D eigenvalue weighted by Gasteiger charge is -2.23. The van der Waals surface area contributed by atoms with Crippen LogP contribution < -0.4 is 10.1 Å². The van der Waals surface area contributed by atoms with E-state index in [-0.39, 0.29) is 5.54 Å². The van der Waals surface area contributed by atoms with E-state index in [1.54, 1.807) is 0 Å². The Kier molecular flexibility index (Phi) is 4.02. The van der Waals surface area contributed by atoms with Crippen molar-refractivity contribution >= 4 is 0 Å². The quantitative estimate of drug-likeness (QED) is 0.850. The third kappa shape index (κ3) is 3.45. The summed E-state index contributed by atoms with van der Waals surface area (Å²) >= 11 is 0. The van der Waals surface area contributed by atoms with Crippen LogP contribution in [0.1, 0.15) is 25.8 Å². The molecule has 0 aromatic heterocycles. The Balaban J connectivity index is 1.86. The molecule has 0 radical (unpaired) electrons. The molecule has 1 aromatic rings. The van der Waals surface area contributed by atoms with Crippen LogP contribution in [-0.4, -0.2) is 25.4 Å². The molecular formula is C14H21NO2. The van der Waals surface area contributed by atoms with Crippen molar-refractivity contribution in [2.24, 2.45) is 0 Å².